The second-order valence-electron chi connectivity index (χ2n) is 9.70. The number of nitrogens with two attached hydrogens (primary N) is 1. The van der Waals surface area contributed by atoms with Crippen LogP contribution in [0.1, 0.15) is 18.4 Å². The number of piperidine rings is 1. The molecule has 1 amide bonds. The quantitative estimate of drug-likeness (QED) is 0.214. The molecule has 2 fully saturated rings. The highest BCUT2D eigenvalue weighted by molar-refractivity contribution is 9.11. The SMILES string of the molecule is CN1CCC(N2CCN(C(=O)[C@@H](Cc3cc(Br)c(N)c(Br)c3)N/C(=N\C#N)Oc3ccccc3)CC2)CC1. The molecule has 2 saturated heterocycles. The Morgan fingerprint density at radius 3 is 2.37 bits per heavy atom. The number of piperazine rings is 1. The topological polar surface area (TPSA) is 110 Å². The number of likely N-dealkylation sites (tertiary alicyclic amines) is 1. The van der Waals surface area contributed by atoms with E-state index in [0.717, 1.165) is 40.7 Å². The van der Waals surface area contributed by atoms with E-state index in [1.165, 1.54) is 12.8 Å². The van der Waals surface area contributed by atoms with E-state index in [-0.39, 0.29) is 11.9 Å². The van der Waals surface area contributed by atoms with Crippen molar-refractivity contribution in [3.63, 3.8) is 0 Å². The average Bonchev–Trinajstić information content (AvgIpc) is 2.92. The first-order chi connectivity index (χ1) is 18.3. The number of ether oxygens (including phenoxy) is 1. The average molecular weight is 647 g/mol. The van der Waals surface area contributed by atoms with Gasteiger partial charge in [0.25, 0.3) is 0 Å². The number of benzene rings is 2. The molecular formula is C27H33Br2N7O2. The Bertz CT molecular complexity index is 1150. The van der Waals surface area contributed by atoms with Crippen LogP contribution in [0, 0.1) is 11.5 Å². The summed E-state index contributed by atoms with van der Waals surface area (Å²) in [4.78, 5) is 24.5. The zero-order valence-corrected chi connectivity index (χ0v) is 24.6. The number of amidine groups is 1. The molecule has 1 atom stereocenters. The number of nitriles is 1. The Morgan fingerprint density at radius 1 is 1.13 bits per heavy atom. The van der Waals surface area contributed by atoms with Crippen LogP contribution in [0.2, 0.25) is 0 Å². The number of aliphatic imine (C=N–C) groups is 1. The molecule has 2 aliphatic rings. The number of rotatable bonds is 6. The molecular weight excluding hydrogens is 614 g/mol. The second-order valence-corrected chi connectivity index (χ2v) is 11.4. The normalized spacial score (nSPS) is 18.6. The van der Waals surface area contributed by atoms with E-state index in [1.54, 1.807) is 18.3 Å². The minimum absolute atomic E-state index is 0.0180. The summed E-state index contributed by atoms with van der Waals surface area (Å²) < 4.78 is 7.31. The first-order valence-electron chi connectivity index (χ1n) is 12.7. The standard InChI is InChI=1S/C27H33Br2N7O2/c1-34-9-7-20(8-10-34)35-11-13-36(14-12-35)26(37)24(17-19-15-22(28)25(31)23(29)16-19)33-27(32-18-30)38-21-5-3-2-4-6-21/h2-6,15-16,20,24H,7-14,17,31H2,1H3,(H,32,33)/t24-/m1/s1. The number of amides is 1. The number of nitrogens with zero attached hydrogens (tertiary/aromatic N) is 5. The molecule has 2 heterocycles. The van der Waals surface area contributed by atoms with Crippen molar-refractivity contribution < 1.29 is 9.53 Å². The minimum atomic E-state index is -0.692. The summed E-state index contributed by atoms with van der Waals surface area (Å²) in [6.45, 7) is 5.25. The molecule has 2 aromatic carbocycles. The van der Waals surface area contributed by atoms with Crippen LogP contribution in [0.5, 0.6) is 5.75 Å². The van der Waals surface area contributed by atoms with E-state index < -0.39 is 6.04 Å². The lowest BCUT2D eigenvalue weighted by atomic mass is 10.0. The fraction of sp³-hybridized carbons (Fsp3) is 0.444. The first-order valence-corrected chi connectivity index (χ1v) is 14.3. The third kappa shape index (κ3) is 7.47. The zero-order chi connectivity index (χ0) is 27.1. The van der Waals surface area contributed by atoms with Crippen molar-refractivity contribution in [1.29, 1.82) is 5.26 Å². The van der Waals surface area contributed by atoms with Crippen LogP contribution in [0.25, 0.3) is 0 Å². The van der Waals surface area contributed by atoms with Gasteiger partial charge in [-0.25, -0.2) is 0 Å². The van der Waals surface area contributed by atoms with Crippen molar-refractivity contribution >= 4 is 49.5 Å². The van der Waals surface area contributed by atoms with Crippen LogP contribution in [0.15, 0.2) is 56.4 Å². The minimum Gasteiger partial charge on any atom is -0.425 e. The molecule has 0 spiro atoms. The largest absolute Gasteiger partial charge is 0.425 e. The van der Waals surface area contributed by atoms with E-state index in [4.69, 9.17) is 10.5 Å². The molecule has 9 nitrogen and oxygen atoms in total. The van der Waals surface area contributed by atoms with Gasteiger partial charge in [-0.15, -0.1) is 4.99 Å². The van der Waals surface area contributed by atoms with Crippen molar-refractivity contribution in [2.45, 2.75) is 31.3 Å². The van der Waals surface area contributed by atoms with Gasteiger partial charge in [0.2, 0.25) is 12.1 Å². The van der Waals surface area contributed by atoms with Gasteiger partial charge in [0.15, 0.2) is 0 Å². The fourth-order valence-electron chi connectivity index (χ4n) is 4.96. The highest BCUT2D eigenvalue weighted by Crippen LogP contribution is 2.30. The van der Waals surface area contributed by atoms with Crippen LogP contribution in [-0.2, 0) is 11.2 Å². The summed E-state index contributed by atoms with van der Waals surface area (Å²) in [6, 6.07) is 12.7. The van der Waals surface area contributed by atoms with E-state index in [0.29, 0.717) is 37.0 Å². The summed E-state index contributed by atoms with van der Waals surface area (Å²) in [5.41, 5.74) is 7.56. The van der Waals surface area contributed by atoms with Crippen molar-refractivity contribution in [3.8, 4) is 11.9 Å². The molecule has 0 aliphatic carbocycles. The third-order valence-electron chi connectivity index (χ3n) is 7.11. The number of anilines is 1. The van der Waals surface area contributed by atoms with Crippen LogP contribution < -0.4 is 15.8 Å². The van der Waals surface area contributed by atoms with Crippen molar-refractivity contribution in [1.82, 2.24) is 20.0 Å². The van der Waals surface area contributed by atoms with Crippen molar-refractivity contribution in [2.75, 3.05) is 52.0 Å². The Balaban J connectivity index is 1.49. The molecule has 0 unspecified atom stereocenters. The highest BCUT2D eigenvalue weighted by atomic mass is 79.9. The summed E-state index contributed by atoms with van der Waals surface area (Å²) in [5.74, 6) is 0.462. The number of halogens is 2. The number of para-hydroxylation sites is 1. The highest BCUT2D eigenvalue weighted by Gasteiger charge is 2.32. The Morgan fingerprint density at radius 2 is 1.76 bits per heavy atom. The maximum absolute atomic E-state index is 13.9. The fourth-order valence-corrected chi connectivity index (χ4v) is 6.24. The molecule has 2 aromatic rings. The van der Waals surface area contributed by atoms with Gasteiger partial charge in [0, 0.05) is 47.6 Å². The molecule has 0 bridgehead atoms. The number of carbonyl (C=O) groups is 1. The molecule has 38 heavy (non-hydrogen) atoms. The first kappa shape index (κ1) is 28.4. The van der Waals surface area contributed by atoms with E-state index >= 15 is 0 Å². The third-order valence-corrected chi connectivity index (χ3v) is 8.43. The summed E-state index contributed by atoms with van der Waals surface area (Å²) in [5, 5.41) is 12.4. The zero-order valence-electron chi connectivity index (χ0n) is 21.4. The summed E-state index contributed by atoms with van der Waals surface area (Å²) >= 11 is 7.00. The number of nitrogens with one attached hydrogen (secondary N) is 1. The molecule has 0 aromatic heterocycles. The van der Waals surface area contributed by atoms with E-state index in [9.17, 15) is 10.1 Å². The molecule has 0 saturated carbocycles. The predicted octanol–water partition coefficient (Wildman–Crippen LogP) is 3.45. The van der Waals surface area contributed by atoms with Crippen molar-refractivity contribution in [3.05, 3.63) is 57.0 Å². The van der Waals surface area contributed by atoms with Gasteiger partial charge in [-0.05, 0) is 94.7 Å². The number of hydrogen-bond donors (Lipinski definition) is 2. The molecule has 202 valence electrons. The Hall–Kier alpha value is -2.65. The monoisotopic (exact) mass is 645 g/mol. The van der Waals surface area contributed by atoms with Crippen LogP contribution >= 0.6 is 31.9 Å². The van der Waals surface area contributed by atoms with Crippen molar-refractivity contribution in [2.24, 2.45) is 4.99 Å². The second kappa shape index (κ2) is 13.4. The van der Waals surface area contributed by atoms with Gasteiger partial charge in [0.05, 0.1) is 5.69 Å². The molecule has 11 heteroatoms. The van der Waals surface area contributed by atoms with Gasteiger partial charge >= 0.3 is 6.02 Å². The van der Waals surface area contributed by atoms with Gasteiger partial charge in [-0.1, -0.05) is 18.2 Å². The molecule has 2 aliphatic heterocycles. The maximum Gasteiger partial charge on any atom is 0.306 e. The Kier molecular flexibility index (Phi) is 10.0. The van der Waals surface area contributed by atoms with Crippen LogP contribution in [0.3, 0.4) is 0 Å². The van der Waals surface area contributed by atoms with E-state index in [2.05, 4.69) is 59.0 Å². The van der Waals surface area contributed by atoms with Crippen LogP contribution in [-0.4, -0.2) is 85.0 Å². The Labute approximate surface area is 240 Å². The van der Waals surface area contributed by atoms with Gasteiger partial charge in [-0.2, -0.15) is 5.26 Å². The number of nitrogen functional groups attached to an aromatic ring is 1. The van der Waals surface area contributed by atoms with Gasteiger partial charge < -0.3 is 25.6 Å². The lowest BCUT2D eigenvalue weighted by Crippen LogP contribution is -2.58. The smallest absolute Gasteiger partial charge is 0.306 e. The number of hydrogen-bond acceptors (Lipinski definition) is 7. The number of carbonyl (C=O) groups excluding carboxylic acids is 1. The lowest BCUT2D eigenvalue weighted by Gasteiger charge is -2.42. The molecule has 4 rings (SSSR count). The molecule has 3 N–H and O–H groups in total. The lowest BCUT2D eigenvalue weighted by molar-refractivity contribution is -0.135. The van der Waals surface area contributed by atoms with E-state index in [1.807, 2.05) is 35.2 Å². The maximum atomic E-state index is 13.9. The molecule has 0 radical (unpaired) electrons. The van der Waals surface area contributed by atoms with Crippen LogP contribution in [0.4, 0.5) is 5.69 Å². The summed E-state index contributed by atoms with van der Waals surface area (Å²) in [6.07, 6.45) is 4.47. The van der Waals surface area contributed by atoms with Gasteiger partial charge in [0.1, 0.15) is 11.8 Å². The van der Waals surface area contributed by atoms with Gasteiger partial charge in [-0.3, -0.25) is 9.69 Å². The predicted molar refractivity (Wildman–Crippen MR) is 156 cm³/mol. The summed E-state index contributed by atoms with van der Waals surface area (Å²) in [7, 11) is 2.17.